The summed E-state index contributed by atoms with van der Waals surface area (Å²) < 4.78 is 5.40. The minimum absolute atomic E-state index is 0.00853. The zero-order chi connectivity index (χ0) is 21.2. The fourth-order valence-corrected chi connectivity index (χ4v) is 6.22. The summed E-state index contributed by atoms with van der Waals surface area (Å²) in [7, 11) is 0. The molecule has 0 amide bonds. The van der Waals surface area contributed by atoms with Crippen LogP contribution in [0.15, 0.2) is 48.5 Å². The first-order valence-corrected chi connectivity index (χ1v) is 11.7. The van der Waals surface area contributed by atoms with Crippen molar-refractivity contribution < 1.29 is 9.53 Å². The number of nitrogens with one attached hydrogen (secondary N) is 1. The average molecular weight is 435 g/mol. The molecule has 2 fully saturated rings. The van der Waals surface area contributed by atoms with Crippen molar-refractivity contribution in [2.24, 2.45) is 17.3 Å². The number of aromatic amines is 1. The maximum atomic E-state index is 13.0. The van der Waals surface area contributed by atoms with Crippen LogP contribution >= 0.6 is 11.6 Å². The van der Waals surface area contributed by atoms with Gasteiger partial charge in [0.15, 0.2) is 5.78 Å². The molecule has 31 heavy (non-hydrogen) atoms. The summed E-state index contributed by atoms with van der Waals surface area (Å²) in [6.45, 7) is 6.14. The topological polar surface area (TPSA) is 45.3 Å². The fourth-order valence-electron chi connectivity index (χ4n) is 6.04. The van der Waals surface area contributed by atoms with Crippen LogP contribution in [0.25, 0.3) is 10.9 Å². The molecule has 3 heterocycles. The third kappa shape index (κ3) is 2.95. The maximum Gasteiger partial charge on any atom is 0.151 e. The first-order valence-electron chi connectivity index (χ1n) is 11.2. The Bertz CT molecular complexity index is 1140. The second-order valence-corrected chi connectivity index (χ2v) is 10.1. The molecule has 1 aliphatic carbocycles. The molecule has 5 heteroatoms. The van der Waals surface area contributed by atoms with Gasteiger partial charge in [0.25, 0.3) is 0 Å². The van der Waals surface area contributed by atoms with Crippen molar-refractivity contribution in [3.8, 4) is 0 Å². The number of rotatable bonds is 4. The highest BCUT2D eigenvalue weighted by Gasteiger charge is 2.49. The zero-order valence-corrected chi connectivity index (χ0v) is 18.5. The molecular formula is C26H27ClN2O2. The van der Waals surface area contributed by atoms with Gasteiger partial charge in [0.05, 0.1) is 24.5 Å². The Hall–Kier alpha value is -2.30. The summed E-state index contributed by atoms with van der Waals surface area (Å²) in [6, 6.07) is 17.3. The van der Waals surface area contributed by atoms with Gasteiger partial charge in [0.2, 0.25) is 0 Å². The molecule has 2 saturated heterocycles. The maximum absolute atomic E-state index is 13.0. The Kier molecular flexibility index (Phi) is 4.45. The van der Waals surface area contributed by atoms with Crippen LogP contribution in [-0.4, -0.2) is 43.0 Å². The summed E-state index contributed by atoms with van der Waals surface area (Å²) in [6.07, 6.45) is 0.902. The van der Waals surface area contributed by atoms with Crippen molar-refractivity contribution in [1.82, 2.24) is 4.98 Å². The molecule has 1 spiro atoms. The van der Waals surface area contributed by atoms with E-state index >= 15 is 0 Å². The molecule has 6 rings (SSSR count). The van der Waals surface area contributed by atoms with Crippen molar-refractivity contribution in [2.75, 3.05) is 37.1 Å². The number of hydrogen-bond acceptors (Lipinski definition) is 3. The highest BCUT2D eigenvalue weighted by atomic mass is 35.5. The van der Waals surface area contributed by atoms with Crippen molar-refractivity contribution in [2.45, 2.75) is 19.3 Å². The summed E-state index contributed by atoms with van der Waals surface area (Å²) >= 11 is 6.07. The van der Waals surface area contributed by atoms with E-state index in [-0.39, 0.29) is 29.4 Å². The summed E-state index contributed by atoms with van der Waals surface area (Å²) in [5.74, 6) is 0.355. The first-order chi connectivity index (χ1) is 15.1. The standard InChI is InChI=1S/C26H27ClN2O2/c1-16-10-20-19-4-2-3-5-21(19)28-25(20)24(23(16)22(30)11-27)17-6-8-18(9-7-17)29-12-26(13-29)14-31-15-26/h2-9,16,23-24,28H,10-15H2,1H3/t16-,23?,24+/m0/s1. The van der Waals surface area contributed by atoms with Gasteiger partial charge in [-0.15, -0.1) is 11.6 Å². The molecule has 0 saturated carbocycles. The number of nitrogens with zero attached hydrogens (tertiary/aromatic N) is 1. The number of alkyl halides is 1. The SMILES string of the molecule is C[C@H]1Cc2c([nH]c3ccccc23)[C@H](c2ccc(N3CC4(COC4)C3)cc2)C1C(=O)CCl. The van der Waals surface area contributed by atoms with E-state index < -0.39 is 0 Å². The minimum atomic E-state index is -0.108. The lowest BCUT2D eigenvalue weighted by molar-refractivity contribution is -0.127. The Labute approximate surface area is 187 Å². The highest BCUT2D eigenvalue weighted by Crippen LogP contribution is 2.47. The molecule has 1 N–H and O–H groups in total. The van der Waals surface area contributed by atoms with Gasteiger partial charge in [-0.3, -0.25) is 4.79 Å². The quantitative estimate of drug-likeness (QED) is 0.602. The molecule has 1 aromatic heterocycles. The smallest absolute Gasteiger partial charge is 0.151 e. The van der Waals surface area contributed by atoms with Crippen molar-refractivity contribution >= 4 is 34.0 Å². The number of Topliss-reactive ketones (excluding diaryl/α,β-unsaturated/α-hetero) is 1. The van der Waals surface area contributed by atoms with Gasteiger partial charge in [-0.25, -0.2) is 0 Å². The van der Waals surface area contributed by atoms with Crippen LogP contribution in [0.5, 0.6) is 0 Å². The van der Waals surface area contributed by atoms with Gasteiger partial charge in [0.1, 0.15) is 0 Å². The van der Waals surface area contributed by atoms with Gasteiger partial charge >= 0.3 is 0 Å². The number of carbonyl (C=O) groups excluding carboxylic acids is 1. The molecule has 0 bridgehead atoms. The lowest BCUT2D eigenvalue weighted by Gasteiger charge is -2.56. The van der Waals surface area contributed by atoms with E-state index in [0.717, 1.165) is 38.2 Å². The number of H-pyrrole nitrogens is 1. The van der Waals surface area contributed by atoms with E-state index in [9.17, 15) is 4.79 Å². The normalized spacial score (nSPS) is 26.4. The van der Waals surface area contributed by atoms with Crippen LogP contribution in [0.3, 0.4) is 0 Å². The van der Waals surface area contributed by atoms with Crippen LogP contribution in [0.1, 0.15) is 29.7 Å². The lowest BCUT2D eigenvalue weighted by Crippen LogP contribution is -2.66. The summed E-state index contributed by atoms with van der Waals surface area (Å²) in [4.78, 5) is 19.0. The Morgan fingerprint density at radius 2 is 1.90 bits per heavy atom. The molecule has 2 aromatic carbocycles. The third-order valence-electron chi connectivity index (χ3n) is 7.65. The molecule has 3 aliphatic rings. The van der Waals surface area contributed by atoms with E-state index in [1.807, 2.05) is 0 Å². The van der Waals surface area contributed by atoms with E-state index in [1.54, 1.807) is 0 Å². The van der Waals surface area contributed by atoms with Crippen LogP contribution in [0.4, 0.5) is 5.69 Å². The Morgan fingerprint density at radius 1 is 1.16 bits per heavy atom. The number of ether oxygens (including phenoxy) is 1. The molecule has 0 radical (unpaired) electrons. The number of carbonyl (C=O) groups is 1. The molecule has 2 aliphatic heterocycles. The van der Waals surface area contributed by atoms with E-state index in [2.05, 4.69) is 65.3 Å². The summed E-state index contributed by atoms with van der Waals surface area (Å²) in [5, 5.41) is 1.27. The van der Waals surface area contributed by atoms with E-state index in [4.69, 9.17) is 16.3 Å². The predicted molar refractivity (Wildman–Crippen MR) is 124 cm³/mol. The average Bonchev–Trinajstić information content (AvgIpc) is 3.09. The van der Waals surface area contributed by atoms with Crippen LogP contribution in [0, 0.1) is 17.3 Å². The fraction of sp³-hybridized carbons (Fsp3) is 0.423. The number of fused-ring (bicyclic) bond motifs is 3. The molecule has 1 unspecified atom stereocenters. The summed E-state index contributed by atoms with van der Waals surface area (Å²) in [5.41, 5.74) is 6.52. The van der Waals surface area contributed by atoms with E-state index in [0.29, 0.717) is 5.41 Å². The Balaban J connectivity index is 1.38. The van der Waals surface area contributed by atoms with Gasteiger partial charge in [-0.1, -0.05) is 37.3 Å². The van der Waals surface area contributed by atoms with Gasteiger partial charge in [-0.2, -0.15) is 0 Å². The number of aromatic nitrogens is 1. The lowest BCUT2D eigenvalue weighted by atomic mass is 9.67. The molecule has 160 valence electrons. The minimum Gasteiger partial charge on any atom is -0.380 e. The number of hydrogen-bond donors (Lipinski definition) is 1. The second kappa shape index (κ2) is 7.11. The first kappa shape index (κ1) is 19.4. The number of anilines is 1. The number of ketones is 1. The molecule has 3 aromatic rings. The monoisotopic (exact) mass is 434 g/mol. The second-order valence-electron chi connectivity index (χ2n) is 9.79. The van der Waals surface area contributed by atoms with Crippen LogP contribution < -0.4 is 4.90 Å². The van der Waals surface area contributed by atoms with Crippen LogP contribution in [0.2, 0.25) is 0 Å². The molecule has 4 nitrogen and oxygen atoms in total. The Morgan fingerprint density at radius 3 is 2.58 bits per heavy atom. The van der Waals surface area contributed by atoms with Gasteiger partial charge in [-0.05, 0) is 41.7 Å². The third-order valence-corrected chi connectivity index (χ3v) is 7.91. The zero-order valence-electron chi connectivity index (χ0n) is 17.7. The van der Waals surface area contributed by atoms with Gasteiger partial charge in [0, 0.05) is 47.2 Å². The van der Waals surface area contributed by atoms with E-state index in [1.165, 1.54) is 27.9 Å². The number of benzene rings is 2. The molecule has 3 atom stereocenters. The molecular weight excluding hydrogens is 408 g/mol. The predicted octanol–water partition coefficient (Wildman–Crippen LogP) is 4.75. The number of halogens is 1. The van der Waals surface area contributed by atoms with Crippen molar-refractivity contribution in [1.29, 1.82) is 0 Å². The van der Waals surface area contributed by atoms with Crippen LogP contribution in [-0.2, 0) is 16.0 Å². The van der Waals surface area contributed by atoms with Gasteiger partial charge < -0.3 is 14.6 Å². The number of para-hydroxylation sites is 1. The largest absolute Gasteiger partial charge is 0.380 e. The highest BCUT2D eigenvalue weighted by molar-refractivity contribution is 6.28. The van der Waals surface area contributed by atoms with Crippen molar-refractivity contribution in [3.05, 3.63) is 65.4 Å². The van der Waals surface area contributed by atoms with Crippen molar-refractivity contribution in [3.63, 3.8) is 0 Å².